The first-order chi connectivity index (χ1) is 12.0. The van der Waals surface area contributed by atoms with Crippen molar-refractivity contribution in [3.8, 4) is 0 Å². The second-order valence-electron chi connectivity index (χ2n) is 5.85. The van der Waals surface area contributed by atoms with Gasteiger partial charge in [-0.2, -0.15) is 0 Å². The van der Waals surface area contributed by atoms with Crippen LogP contribution in [0.5, 0.6) is 0 Å². The van der Waals surface area contributed by atoms with Gasteiger partial charge in [-0.05, 0) is 44.2 Å². The average Bonchev–Trinajstić information content (AvgIpc) is 2.60. The molecule has 2 aromatic heterocycles. The summed E-state index contributed by atoms with van der Waals surface area (Å²) in [6, 6.07) is 11.2. The van der Waals surface area contributed by atoms with Crippen LogP contribution in [0.1, 0.15) is 11.3 Å². The summed E-state index contributed by atoms with van der Waals surface area (Å²) in [5.74, 6) is 0. The van der Waals surface area contributed by atoms with Crippen LogP contribution >= 0.6 is 0 Å². The van der Waals surface area contributed by atoms with Gasteiger partial charge in [-0.15, -0.1) is 0 Å². The van der Waals surface area contributed by atoms with E-state index in [2.05, 4.69) is 26.1 Å². The van der Waals surface area contributed by atoms with Gasteiger partial charge in [0.15, 0.2) is 0 Å². The van der Waals surface area contributed by atoms with Gasteiger partial charge in [0.1, 0.15) is 4.90 Å². The molecule has 1 aromatic carbocycles. The van der Waals surface area contributed by atoms with Gasteiger partial charge < -0.3 is 5.32 Å². The van der Waals surface area contributed by atoms with Crippen molar-refractivity contribution in [2.45, 2.75) is 18.7 Å². The van der Waals surface area contributed by atoms with Crippen molar-refractivity contribution in [2.75, 3.05) is 18.4 Å². The number of fused-ring (bicyclic) bond motifs is 1. The zero-order chi connectivity index (χ0) is 17.9. The number of rotatable bonds is 6. The first-order valence-corrected chi connectivity index (χ1v) is 9.45. The van der Waals surface area contributed by atoms with Gasteiger partial charge in [-0.25, -0.2) is 13.1 Å². The molecule has 3 rings (SSSR count). The van der Waals surface area contributed by atoms with Gasteiger partial charge in [0.05, 0.1) is 5.52 Å². The molecule has 2 heterocycles. The van der Waals surface area contributed by atoms with Gasteiger partial charge in [0.25, 0.3) is 0 Å². The Labute approximate surface area is 147 Å². The summed E-state index contributed by atoms with van der Waals surface area (Å²) in [6.07, 6.45) is 2.87. The van der Waals surface area contributed by atoms with Gasteiger partial charge in [-0.1, -0.05) is 11.6 Å². The summed E-state index contributed by atoms with van der Waals surface area (Å²) in [4.78, 5) is 8.53. The molecule has 0 aliphatic heterocycles. The van der Waals surface area contributed by atoms with E-state index in [-0.39, 0.29) is 11.4 Å². The lowest BCUT2D eigenvalue weighted by Gasteiger charge is -2.12. The maximum Gasteiger partial charge on any atom is 0.242 e. The second kappa shape index (κ2) is 7.16. The monoisotopic (exact) mass is 356 g/mol. The molecule has 130 valence electrons. The number of benzene rings is 1. The maximum atomic E-state index is 12.2. The molecule has 0 bridgehead atoms. The van der Waals surface area contributed by atoms with E-state index in [1.54, 1.807) is 12.3 Å². The first kappa shape index (κ1) is 17.3. The highest BCUT2D eigenvalue weighted by atomic mass is 32.2. The lowest BCUT2D eigenvalue weighted by molar-refractivity contribution is 0.582. The Morgan fingerprint density at radius 2 is 1.92 bits per heavy atom. The summed E-state index contributed by atoms with van der Waals surface area (Å²) in [5, 5.41) is 4.33. The first-order valence-electron chi connectivity index (χ1n) is 7.97. The van der Waals surface area contributed by atoms with Gasteiger partial charge in [0.2, 0.25) is 10.0 Å². The smallest absolute Gasteiger partial charge is 0.242 e. The van der Waals surface area contributed by atoms with E-state index in [1.807, 2.05) is 32.0 Å². The maximum absolute atomic E-state index is 12.2. The Morgan fingerprint density at radius 3 is 2.68 bits per heavy atom. The largest absolute Gasteiger partial charge is 0.383 e. The zero-order valence-corrected chi connectivity index (χ0v) is 15.0. The molecule has 0 amide bonds. The standard InChI is InChI=1S/C18H20N4O2S/c1-13-5-6-17-16(10-13)18(11-14(2)22-17)20-8-9-21-25(23,24)15-4-3-7-19-12-15/h3-7,10-12,21H,8-9H2,1-2H3,(H,20,22). The summed E-state index contributed by atoms with van der Waals surface area (Å²) in [5.41, 5.74) is 3.93. The number of pyridine rings is 2. The fourth-order valence-corrected chi connectivity index (χ4v) is 3.59. The molecule has 0 spiro atoms. The van der Waals surface area contributed by atoms with Gasteiger partial charge >= 0.3 is 0 Å². The topological polar surface area (TPSA) is 84.0 Å². The normalized spacial score (nSPS) is 11.6. The molecule has 7 heteroatoms. The number of aromatic nitrogens is 2. The Bertz CT molecular complexity index is 989. The van der Waals surface area contributed by atoms with Crippen LogP contribution in [0.15, 0.2) is 53.7 Å². The van der Waals surface area contributed by atoms with Crippen molar-refractivity contribution in [3.05, 3.63) is 60.0 Å². The van der Waals surface area contributed by atoms with Crippen molar-refractivity contribution < 1.29 is 8.42 Å². The number of hydrogen-bond acceptors (Lipinski definition) is 5. The molecule has 0 atom stereocenters. The Balaban J connectivity index is 1.69. The van der Waals surface area contributed by atoms with Crippen LogP contribution in [0, 0.1) is 13.8 Å². The van der Waals surface area contributed by atoms with E-state index in [0.29, 0.717) is 6.54 Å². The summed E-state index contributed by atoms with van der Waals surface area (Å²) >= 11 is 0. The van der Waals surface area contributed by atoms with Crippen molar-refractivity contribution in [1.82, 2.24) is 14.7 Å². The van der Waals surface area contributed by atoms with E-state index in [9.17, 15) is 8.42 Å². The van der Waals surface area contributed by atoms with Crippen molar-refractivity contribution in [2.24, 2.45) is 0 Å². The van der Waals surface area contributed by atoms with Crippen LogP contribution in [0.2, 0.25) is 0 Å². The molecular formula is C18H20N4O2S. The average molecular weight is 356 g/mol. The lowest BCUT2D eigenvalue weighted by Crippen LogP contribution is -2.29. The lowest BCUT2D eigenvalue weighted by atomic mass is 10.1. The fraction of sp³-hybridized carbons (Fsp3) is 0.222. The van der Waals surface area contributed by atoms with Crippen molar-refractivity contribution in [1.29, 1.82) is 0 Å². The number of nitrogens with one attached hydrogen (secondary N) is 2. The molecule has 25 heavy (non-hydrogen) atoms. The third-order valence-corrected chi connectivity index (χ3v) is 5.22. The van der Waals surface area contributed by atoms with Crippen LogP contribution < -0.4 is 10.0 Å². The fourth-order valence-electron chi connectivity index (χ4n) is 2.59. The predicted octanol–water partition coefficient (Wildman–Crippen LogP) is 2.64. The summed E-state index contributed by atoms with van der Waals surface area (Å²) in [7, 11) is -3.54. The highest BCUT2D eigenvalue weighted by Crippen LogP contribution is 2.24. The molecule has 0 aliphatic rings. The Morgan fingerprint density at radius 1 is 1.08 bits per heavy atom. The minimum Gasteiger partial charge on any atom is -0.383 e. The van der Waals surface area contributed by atoms with Crippen LogP contribution in [0.25, 0.3) is 10.9 Å². The van der Waals surface area contributed by atoms with E-state index in [1.165, 1.54) is 12.3 Å². The highest BCUT2D eigenvalue weighted by Gasteiger charge is 2.12. The molecule has 0 saturated heterocycles. The third-order valence-electron chi connectivity index (χ3n) is 3.77. The van der Waals surface area contributed by atoms with E-state index >= 15 is 0 Å². The Kier molecular flexibility index (Phi) is 4.96. The second-order valence-corrected chi connectivity index (χ2v) is 7.61. The molecule has 0 unspecified atom stereocenters. The minimum atomic E-state index is -3.54. The van der Waals surface area contributed by atoms with Crippen LogP contribution in [0.4, 0.5) is 5.69 Å². The van der Waals surface area contributed by atoms with E-state index in [0.717, 1.165) is 27.8 Å². The Hall–Kier alpha value is -2.51. The number of anilines is 1. The molecule has 0 saturated carbocycles. The minimum absolute atomic E-state index is 0.163. The number of sulfonamides is 1. The summed E-state index contributed by atoms with van der Waals surface area (Å²) in [6.45, 7) is 4.71. The van der Waals surface area contributed by atoms with Crippen molar-refractivity contribution in [3.63, 3.8) is 0 Å². The van der Waals surface area contributed by atoms with Crippen LogP contribution in [-0.2, 0) is 10.0 Å². The van der Waals surface area contributed by atoms with Gasteiger partial charge in [-0.3, -0.25) is 9.97 Å². The van der Waals surface area contributed by atoms with E-state index < -0.39 is 10.0 Å². The zero-order valence-electron chi connectivity index (χ0n) is 14.2. The molecule has 0 radical (unpaired) electrons. The van der Waals surface area contributed by atoms with Crippen molar-refractivity contribution >= 4 is 26.6 Å². The van der Waals surface area contributed by atoms with Gasteiger partial charge in [0, 0.05) is 42.3 Å². The quantitative estimate of drug-likeness (QED) is 0.663. The predicted molar refractivity (Wildman–Crippen MR) is 99.1 cm³/mol. The molecule has 0 aliphatic carbocycles. The number of aryl methyl sites for hydroxylation is 2. The molecule has 6 nitrogen and oxygen atoms in total. The third kappa shape index (κ3) is 4.12. The van der Waals surface area contributed by atoms with E-state index in [4.69, 9.17) is 0 Å². The molecule has 3 aromatic rings. The molecule has 2 N–H and O–H groups in total. The molecular weight excluding hydrogens is 336 g/mol. The SMILES string of the molecule is Cc1ccc2nc(C)cc(NCCNS(=O)(=O)c3cccnc3)c2c1. The van der Waals surface area contributed by atoms with Crippen LogP contribution in [-0.4, -0.2) is 31.5 Å². The molecule has 0 fully saturated rings. The number of nitrogens with zero attached hydrogens (tertiary/aromatic N) is 2. The summed E-state index contributed by atoms with van der Waals surface area (Å²) < 4.78 is 26.9. The van der Waals surface area contributed by atoms with Crippen LogP contribution in [0.3, 0.4) is 0 Å². The number of hydrogen-bond donors (Lipinski definition) is 2. The highest BCUT2D eigenvalue weighted by molar-refractivity contribution is 7.89.